The van der Waals surface area contributed by atoms with Gasteiger partial charge in [0.25, 0.3) is 0 Å². The van der Waals surface area contributed by atoms with Gasteiger partial charge in [-0.1, -0.05) is 12.1 Å². The van der Waals surface area contributed by atoms with E-state index in [0.717, 1.165) is 26.1 Å². The topological polar surface area (TPSA) is 67.4 Å². The molecule has 1 aliphatic rings. The molecule has 108 valence electrons. The van der Waals surface area contributed by atoms with E-state index in [1.54, 1.807) is 24.3 Å². The lowest BCUT2D eigenvalue weighted by molar-refractivity contribution is 0.0671. The molecule has 0 bridgehead atoms. The maximum absolute atomic E-state index is 11.8. The standard InChI is InChI=1S/C15H20N2O3/c1-11(18)13-3-2-4-14(9-13)17-15(19)16-10-12-5-7-20-8-6-12/h2-4,9,12H,5-8,10H2,1H3,(H2,16,17,19). The van der Waals surface area contributed by atoms with Crippen LogP contribution in [0.5, 0.6) is 0 Å². The molecule has 5 heteroatoms. The molecule has 0 unspecified atom stereocenters. The van der Waals surface area contributed by atoms with Gasteiger partial charge in [0.05, 0.1) is 0 Å². The highest BCUT2D eigenvalue weighted by molar-refractivity contribution is 5.96. The summed E-state index contributed by atoms with van der Waals surface area (Å²) in [5, 5.41) is 5.60. The SMILES string of the molecule is CC(=O)c1cccc(NC(=O)NCC2CCOCC2)c1. The highest BCUT2D eigenvalue weighted by Gasteiger charge is 2.14. The van der Waals surface area contributed by atoms with Gasteiger partial charge >= 0.3 is 6.03 Å². The van der Waals surface area contributed by atoms with Crippen LogP contribution < -0.4 is 10.6 Å². The van der Waals surface area contributed by atoms with Crippen molar-refractivity contribution in [2.24, 2.45) is 5.92 Å². The lowest BCUT2D eigenvalue weighted by atomic mass is 10.0. The van der Waals surface area contributed by atoms with Crippen LogP contribution in [0.3, 0.4) is 0 Å². The summed E-state index contributed by atoms with van der Waals surface area (Å²) in [6, 6.07) is 6.69. The third-order valence-electron chi connectivity index (χ3n) is 3.42. The average Bonchev–Trinajstić information content (AvgIpc) is 2.46. The van der Waals surface area contributed by atoms with Gasteiger partial charge < -0.3 is 15.4 Å². The van der Waals surface area contributed by atoms with Crippen molar-refractivity contribution in [1.29, 1.82) is 0 Å². The maximum Gasteiger partial charge on any atom is 0.319 e. The van der Waals surface area contributed by atoms with Gasteiger partial charge in [0.15, 0.2) is 5.78 Å². The molecule has 0 spiro atoms. The molecule has 20 heavy (non-hydrogen) atoms. The minimum Gasteiger partial charge on any atom is -0.381 e. The zero-order chi connectivity index (χ0) is 14.4. The number of ketones is 1. The summed E-state index contributed by atoms with van der Waals surface area (Å²) >= 11 is 0. The molecule has 2 amide bonds. The van der Waals surface area contributed by atoms with Crippen LogP contribution in [0.2, 0.25) is 0 Å². The number of hydrogen-bond acceptors (Lipinski definition) is 3. The van der Waals surface area contributed by atoms with Gasteiger partial charge in [-0.25, -0.2) is 4.79 Å². The van der Waals surface area contributed by atoms with Gasteiger partial charge in [-0.3, -0.25) is 4.79 Å². The first-order valence-electron chi connectivity index (χ1n) is 6.89. The van der Waals surface area contributed by atoms with Crippen LogP contribution in [0.4, 0.5) is 10.5 Å². The minimum absolute atomic E-state index is 0.0173. The number of anilines is 1. The summed E-state index contributed by atoms with van der Waals surface area (Å²) in [4.78, 5) is 23.1. The van der Waals surface area contributed by atoms with Gasteiger partial charge in [-0.05, 0) is 37.8 Å². The summed E-state index contributed by atoms with van der Waals surface area (Å²) < 4.78 is 5.28. The van der Waals surface area contributed by atoms with Crippen molar-refractivity contribution in [2.75, 3.05) is 25.1 Å². The Labute approximate surface area is 118 Å². The fourth-order valence-corrected chi connectivity index (χ4v) is 2.18. The number of ether oxygens (including phenoxy) is 1. The smallest absolute Gasteiger partial charge is 0.319 e. The van der Waals surface area contributed by atoms with Crippen molar-refractivity contribution >= 4 is 17.5 Å². The average molecular weight is 276 g/mol. The molecule has 1 aromatic carbocycles. The zero-order valence-corrected chi connectivity index (χ0v) is 11.6. The minimum atomic E-state index is -0.239. The summed E-state index contributed by atoms with van der Waals surface area (Å²) in [6.45, 7) is 3.70. The van der Waals surface area contributed by atoms with Crippen molar-refractivity contribution in [3.05, 3.63) is 29.8 Å². The second kappa shape index (κ2) is 7.05. The number of hydrogen-bond donors (Lipinski definition) is 2. The zero-order valence-electron chi connectivity index (χ0n) is 11.6. The lowest BCUT2D eigenvalue weighted by Crippen LogP contribution is -2.35. The van der Waals surface area contributed by atoms with Crippen LogP contribution >= 0.6 is 0 Å². The van der Waals surface area contributed by atoms with Crippen LogP contribution in [0.15, 0.2) is 24.3 Å². The van der Waals surface area contributed by atoms with E-state index >= 15 is 0 Å². The van der Waals surface area contributed by atoms with E-state index in [1.807, 2.05) is 0 Å². The van der Waals surface area contributed by atoms with E-state index in [1.165, 1.54) is 6.92 Å². The number of benzene rings is 1. The first kappa shape index (κ1) is 14.5. The molecular weight excluding hydrogens is 256 g/mol. The monoisotopic (exact) mass is 276 g/mol. The summed E-state index contributed by atoms with van der Waals surface area (Å²) in [6.07, 6.45) is 1.97. The number of rotatable bonds is 4. The number of nitrogens with one attached hydrogen (secondary N) is 2. The number of carbonyl (C=O) groups excluding carboxylic acids is 2. The van der Waals surface area contributed by atoms with Gasteiger partial charge in [-0.15, -0.1) is 0 Å². The van der Waals surface area contributed by atoms with Crippen molar-refractivity contribution in [3.63, 3.8) is 0 Å². The van der Waals surface area contributed by atoms with Crippen molar-refractivity contribution in [1.82, 2.24) is 5.32 Å². The normalized spacial score (nSPS) is 15.7. The van der Waals surface area contributed by atoms with Gasteiger partial charge in [0, 0.05) is 31.0 Å². The quantitative estimate of drug-likeness (QED) is 0.830. The second-order valence-corrected chi connectivity index (χ2v) is 5.03. The first-order chi connectivity index (χ1) is 9.65. The van der Waals surface area contributed by atoms with E-state index in [9.17, 15) is 9.59 Å². The molecular formula is C15H20N2O3. The Kier molecular flexibility index (Phi) is 5.12. The fraction of sp³-hybridized carbons (Fsp3) is 0.467. The van der Waals surface area contributed by atoms with Crippen LogP contribution in [0.25, 0.3) is 0 Å². The Morgan fingerprint density at radius 1 is 1.30 bits per heavy atom. The van der Waals surface area contributed by atoms with Gasteiger partial charge in [0.1, 0.15) is 0 Å². The van der Waals surface area contributed by atoms with E-state index in [-0.39, 0.29) is 11.8 Å². The van der Waals surface area contributed by atoms with Crippen molar-refractivity contribution in [3.8, 4) is 0 Å². The van der Waals surface area contributed by atoms with Crippen LogP contribution in [-0.4, -0.2) is 31.6 Å². The van der Waals surface area contributed by atoms with E-state index in [2.05, 4.69) is 10.6 Å². The molecule has 0 aliphatic carbocycles. The Bertz CT molecular complexity index is 482. The van der Waals surface area contributed by atoms with Gasteiger partial charge in [0.2, 0.25) is 0 Å². The Morgan fingerprint density at radius 3 is 2.75 bits per heavy atom. The summed E-state index contributed by atoms with van der Waals surface area (Å²) in [5.74, 6) is 0.467. The van der Waals surface area contributed by atoms with Crippen molar-refractivity contribution in [2.45, 2.75) is 19.8 Å². The van der Waals surface area contributed by atoms with Crippen LogP contribution in [0.1, 0.15) is 30.1 Å². The van der Waals surface area contributed by atoms with Crippen LogP contribution in [-0.2, 0) is 4.74 Å². The number of amides is 2. The summed E-state index contributed by atoms with van der Waals surface area (Å²) in [5.41, 5.74) is 1.22. The fourth-order valence-electron chi connectivity index (χ4n) is 2.18. The molecule has 2 rings (SSSR count). The predicted molar refractivity (Wildman–Crippen MR) is 77.0 cm³/mol. The molecule has 1 aromatic rings. The van der Waals surface area contributed by atoms with Crippen molar-refractivity contribution < 1.29 is 14.3 Å². The lowest BCUT2D eigenvalue weighted by Gasteiger charge is -2.22. The van der Waals surface area contributed by atoms with Gasteiger partial charge in [-0.2, -0.15) is 0 Å². The third-order valence-corrected chi connectivity index (χ3v) is 3.42. The molecule has 0 saturated carbocycles. The third kappa shape index (κ3) is 4.35. The highest BCUT2D eigenvalue weighted by Crippen LogP contribution is 2.14. The van der Waals surface area contributed by atoms with Crippen LogP contribution in [0, 0.1) is 5.92 Å². The van der Waals surface area contributed by atoms with E-state index in [4.69, 9.17) is 4.74 Å². The number of urea groups is 1. The van der Waals surface area contributed by atoms with E-state index < -0.39 is 0 Å². The molecule has 2 N–H and O–H groups in total. The van der Waals surface area contributed by atoms with E-state index in [0.29, 0.717) is 23.7 Å². The molecule has 0 atom stereocenters. The molecule has 0 radical (unpaired) electrons. The maximum atomic E-state index is 11.8. The first-order valence-corrected chi connectivity index (χ1v) is 6.89. The molecule has 1 fully saturated rings. The Hall–Kier alpha value is -1.88. The Balaban J connectivity index is 1.81. The predicted octanol–water partition coefficient (Wildman–Crippen LogP) is 2.44. The number of Topliss-reactive ketones (excluding diaryl/α,β-unsaturated/α-hetero) is 1. The second-order valence-electron chi connectivity index (χ2n) is 5.03. The molecule has 1 aliphatic heterocycles. The molecule has 5 nitrogen and oxygen atoms in total. The Morgan fingerprint density at radius 2 is 2.05 bits per heavy atom. The highest BCUT2D eigenvalue weighted by atomic mass is 16.5. The number of carbonyl (C=O) groups is 2. The molecule has 0 aromatic heterocycles. The summed E-state index contributed by atoms with van der Waals surface area (Å²) in [7, 11) is 0. The largest absolute Gasteiger partial charge is 0.381 e. The molecule has 1 saturated heterocycles. The molecule has 1 heterocycles.